The minimum Gasteiger partial charge on any atom is -0.394 e. The van der Waals surface area contributed by atoms with E-state index in [1.54, 1.807) is 0 Å². The van der Waals surface area contributed by atoms with Gasteiger partial charge in [0.1, 0.15) is 18.3 Å². The first kappa shape index (κ1) is 12.7. The van der Waals surface area contributed by atoms with Crippen molar-refractivity contribution in [2.45, 2.75) is 24.5 Å². The van der Waals surface area contributed by atoms with Crippen LogP contribution in [-0.4, -0.2) is 56.8 Å². The Hall–Kier alpha value is -0.270. The fourth-order valence-electron chi connectivity index (χ4n) is 0.643. The Balaban J connectivity index is 4.24. The van der Waals surface area contributed by atoms with Gasteiger partial charge in [0.05, 0.1) is 6.61 Å². The largest absolute Gasteiger partial charge is 0.394 e. The van der Waals surface area contributed by atoms with Crippen molar-refractivity contribution in [1.82, 2.24) is 0 Å². The van der Waals surface area contributed by atoms with E-state index in [0.29, 0.717) is 0 Å². The third kappa shape index (κ3) is 3.53. The second-order valence-electron chi connectivity index (χ2n) is 2.44. The summed E-state index contributed by atoms with van der Waals surface area (Å²) in [5, 5.41) is 33.3. The summed E-state index contributed by atoms with van der Waals surface area (Å²) >= 11 is 4.69. The lowest BCUT2D eigenvalue weighted by Gasteiger charge is -2.22. The number of alkyl halides is 1. The summed E-state index contributed by atoms with van der Waals surface area (Å²) in [4.78, 5) is 10.2. The van der Waals surface area contributed by atoms with Crippen molar-refractivity contribution in [3.8, 4) is 0 Å². The summed E-state index contributed by atoms with van der Waals surface area (Å²) in [7, 11) is 0. The van der Waals surface area contributed by atoms with E-state index in [4.69, 9.17) is 20.4 Å². The Bertz CT molecular complexity index is 178. The zero-order chi connectivity index (χ0) is 10.6. The predicted molar refractivity (Wildman–Crippen MR) is 40.9 cm³/mol. The van der Waals surface area contributed by atoms with E-state index in [-0.39, 0.29) is 0 Å². The van der Waals surface area contributed by atoms with Crippen molar-refractivity contribution >= 4 is 16.8 Å². The highest BCUT2D eigenvalue weighted by atomic mass is 35.5. The lowest BCUT2D eigenvalue weighted by atomic mass is 10.1. The average Bonchev–Trinajstić information content (AvgIpc) is 2.12. The van der Waals surface area contributed by atoms with E-state index in [1.807, 2.05) is 0 Å². The van der Waals surface area contributed by atoms with Gasteiger partial charge in [-0.15, -0.1) is 0 Å². The number of carbonyl (C=O) groups excluding carboxylic acids is 1. The molecule has 0 saturated carbocycles. The van der Waals surface area contributed by atoms with Crippen LogP contribution in [0.5, 0.6) is 0 Å². The molecule has 0 radical (unpaired) electrons. The lowest BCUT2D eigenvalue weighted by Crippen LogP contribution is -2.46. The predicted octanol–water partition coefficient (Wildman–Crippen LogP) is -1.84. The maximum absolute atomic E-state index is 12.6. The standard InChI is InChI=1S/C6H10ClFO5/c7-6(13)3(8)5(12)4(11)2(10)1-9/h2-5,9-12H,1H2/t2-,3-,4-,5-/m1/s1. The second-order valence-corrected chi connectivity index (χ2v) is 2.81. The van der Waals surface area contributed by atoms with Crippen molar-refractivity contribution in [1.29, 1.82) is 0 Å². The second kappa shape index (κ2) is 5.46. The van der Waals surface area contributed by atoms with Gasteiger partial charge in [0, 0.05) is 0 Å². The third-order valence-corrected chi connectivity index (χ3v) is 1.66. The highest BCUT2D eigenvalue weighted by Gasteiger charge is 2.34. The molecule has 0 aromatic carbocycles. The summed E-state index contributed by atoms with van der Waals surface area (Å²) in [5.41, 5.74) is 0. The number of aliphatic hydroxyl groups excluding tert-OH is 4. The van der Waals surface area contributed by atoms with Crippen molar-refractivity contribution in [2.75, 3.05) is 6.61 Å². The van der Waals surface area contributed by atoms with Crippen LogP contribution in [0.3, 0.4) is 0 Å². The van der Waals surface area contributed by atoms with Gasteiger partial charge in [-0.3, -0.25) is 4.79 Å². The molecule has 0 heterocycles. The molecule has 0 fully saturated rings. The molecule has 0 aromatic rings. The van der Waals surface area contributed by atoms with Crippen LogP contribution >= 0.6 is 11.6 Å². The summed E-state index contributed by atoms with van der Waals surface area (Å²) in [5.74, 6) is 0. The Morgan fingerprint density at radius 3 is 2.08 bits per heavy atom. The average molecular weight is 217 g/mol. The molecule has 0 unspecified atom stereocenters. The normalized spacial score (nSPS) is 20.5. The molecule has 0 rings (SSSR count). The van der Waals surface area contributed by atoms with Crippen LogP contribution in [0, 0.1) is 0 Å². The smallest absolute Gasteiger partial charge is 0.258 e. The molecule has 4 atom stereocenters. The Morgan fingerprint density at radius 2 is 1.77 bits per heavy atom. The van der Waals surface area contributed by atoms with Crippen molar-refractivity contribution in [3.05, 3.63) is 0 Å². The number of hydrogen-bond donors (Lipinski definition) is 4. The van der Waals surface area contributed by atoms with E-state index >= 15 is 0 Å². The summed E-state index contributed by atoms with van der Waals surface area (Å²) in [6, 6.07) is 0. The van der Waals surface area contributed by atoms with Crippen molar-refractivity contribution in [2.24, 2.45) is 0 Å². The zero-order valence-electron chi connectivity index (χ0n) is 6.47. The molecule has 0 aromatic heterocycles. The molecule has 0 amide bonds. The fraction of sp³-hybridized carbons (Fsp3) is 0.833. The molecule has 13 heavy (non-hydrogen) atoms. The van der Waals surface area contributed by atoms with Crippen molar-refractivity contribution in [3.63, 3.8) is 0 Å². The van der Waals surface area contributed by atoms with Crippen LogP contribution < -0.4 is 0 Å². The van der Waals surface area contributed by atoms with Gasteiger partial charge in [0.2, 0.25) is 6.17 Å². The molecule has 0 bridgehead atoms. The first-order valence-electron chi connectivity index (χ1n) is 3.40. The Labute approximate surface area is 78.4 Å². The van der Waals surface area contributed by atoms with Crippen LogP contribution in [0.25, 0.3) is 0 Å². The summed E-state index contributed by atoms with van der Waals surface area (Å²) in [6.45, 7) is -0.860. The Morgan fingerprint density at radius 1 is 1.31 bits per heavy atom. The van der Waals surface area contributed by atoms with Gasteiger partial charge in [-0.25, -0.2) is 4.39 Å². The molecular weight excluding hydrogens is 207 g/mol. The van der Waals surface area contributed by atoms with Gasteiger partial charge in [0.15, 0.2) is 0 Å². The van der Waals surface area contributed by atoms with Gasteiger partial charge in [0.25, 0.3) is 5.24 Å². The first-order chi connectivity index (χ1) is 5.91. The van der Waals surface area contributed by atoms with Crippen LogP contribution in [-0.2, 0) is 4.79 Å². The molecular formula is C6H10ClFO5. The Kier molecular flexibility index (Phi) is 5.34. The molecule has 0 saturated heterocycles. The van der Waals surface area contributed by atoms with Gasteiger partial charge in [-0.1, -0.05) is 0 Å². The quantitative estimate of drug-likeness (QED) is 0.405. The van der Waals surface area contributed by atoms with E-state index in [2.05, 4.69) is 11.6 Å². The topological polar surface area (TPSA) is 98.0 Å². The minimum atomic E-state index is -2.49. The number of rotatable bonds is 5. The monoisotopic (exact) mass is 216 g/mol. The van der Waals surface area contributed by atoms with Crippen LogP contribution in [0.4, 0.5) is 4.39 Å². The van der Waals surface area contributed by atoms with Crippen molar-refractivity contribution < 1.29 is 29.6 Å². The lowest BCUT2D eigenvalue weighted by molar-refractivity contribution is -0.131. The molecule has 7 heteroatoms. The molecule has 0 aliphatic carbocycles. The minimum absolute atomic E-state index is 0.860. The molecule has 0 aliphatic heterocycles. The van der Waals surface area contributed by atoms with Gasteiger partial charge in [-0.2, -0.15) is 0 Å². The molecule has 0 aliphatic rings. The highest BCUT2D eigenvalue weighted by Crippen LogP contribution is 2.10. The molecule has 5 nitrogen and oxygen atoms in total. The highest BCUT2D eigenvalue weighted by molar-refractivity contribution is 6.64. The first-order valence-corrected chi connectivity index (χ1v) is 3.78. The fourth-order valence-corrected chi connectivity index (χ4v) is 0.772. The van der Waals surface area contributed by atoms with E-state index in [1.165, 1.54) is 0 Å². The summed E-state index contributed by atoms with van der Waals surface area (Å²) < 4.78 is 12.6. The van der Waals surface area contributed by atoms with E-state index < -0.39 is 36.3 Å². The number of carbonyl (C=O) groups is 1. The van der Waals surface area contributed by atoms with Gasteiger partial charge < -0.3 is 20.4 Å². The van der Waals surface area contributed by atoms with E-state index in [9.17, 15) is 9.18 Å². The van der Waals surface area contributed by atoms with Crippen LogP contribution in [0.15, 0.2) is 0 Å². The van der Waals surface area contributed by atoms with E-state index in [0.717, 1.165) is 0 Å². The zero-order valence-corrected chi connectivity index (χ0v) is 7.23. The maximum Gasteiger partial charge on any atom is 0.258 e. The molecule has 78 valence electrons. The number of halogens is 2. The van der Waals surface area contributed by atoms with Crippen LogP contribution in [0.1, 0.15) is 0 Å². The van der Waals surface area contributed by atoms with Gasteiger partial charge in [-0.05, 0) is 11.6 Å². The van der Waals surface area contributed by atoms with Gasteiger partial charge >= 0.3 is 0 Å². The number of hydrogen-bond acceptors (Lipinski definition) is 5. The molecule has 4 N–H and O–H groups in total. The molecule has 0 spiro atoms. The summed E-state index contributed by atoms with van der Waals surface area (Å²) in [6.07, 6.45) is -8.31. The van der Waals surface area contributed by atoms with Crippen LogP contribution in [0.2, 0.25) is 0 Å². The SMILES string of the molecule is O=C(Cl)[C@H](F)[C@@H](O)[C@H](O)[C@H](O)CO. The third-order valence-electron chi connectivity index (χ3n) is 1.45. The number of aliphatic hydroxyl groups is 4. The maximum atomic E-state index is 12.6.